The summed E-state index contributed by atoms with van der Waals surface area (Å²) in [5.41, 5.74) is -3.21. The summed E-state index contributed by atoms with van der Waals surface area (Å²) in [6.07, 6.45) is -1.93. The van der Waals surface area contributed by atoms with Crippen LogP contribution in [0.4, 0.5) is 9.59 Å². The van der Waals surface area contributed by atoms with E-state index in [0.29, 0.717) is 24.9 Å². The molecule has 1 amide bonds. The standard InChI is InChI=1S/C39H54N2O13/c1-21(48-27(42)15-13-23(32(44)52-35(2,3)4)40-33(45)53-36(5,6)7)31(43)49-25-16-17-39(47)26-20-22-12-14-24(50-34(46)54-37(8,9)10)29-28(22)38(39,30(25)51-29)18-19-41(26)11/h12,14,16,21,23,26,30,47H,13,15,17-20H2,1-11H3,(H,40,45)/t21-,23-,26+,30-,38-,39+/m0/s1. The Morgan fingerprint density at radius 3 is 2.22 bits per heavy atom. The van der Waals surface area contributed by atoms with Crippen LogP contribution in [0, 0.1) is 0 Å². The zero-order valence-corrected chi connectivity index (χ0v) is 33.1. The monoisotopic (exact) mass is 758 g/mol. The van der Waals surface area contributed by atoms with Crippen LogP contribution >= 0.6 is 0 Å². The number of aliphatic hydroxyl groups is 1. The van der Waals surface area contributed by atoms with E-state index in [2.05, 4.69) is 10.2 Å². The summed E-state index contributed by atoms with van der Waals surface area (Å²) in [6, 6.07) is 2.00. The number of hydrogen-bond acceptors (Lipinski definition) is 14. The van der Waals surface area contributed by atoms with Gasteiger partial charge >= 0.3 is 30.2 Å². The van der Waals surface area contributed by atoms with E-state index in [1.165, 1.54) is 6.92 Å². The third-order valence-corrected chi connectivity index (χ3v) is 9.80. The third kappa shape index (κ3) is 8.31. The lowest BCUT2D eigenvalue weighted by molar-refractivity contribution is -0.175. The van der Waals surface area contributed by atoms with Crippen molar-refractivity contribution in [1.82, 2.24) is 10.2 Å². The molecule has 1 aromatic carbocycles. The van der Waals surface area contributed by atoms with Gasteiger partial charge in [0.05, 0.1) is 11.0 Å². The van der Waals surface area contributed by atoms with Crippen molar-refractivity contribution >= 4 is 30.2 Å². The van der Waals surface area contributed by atoms with Crippen molar-refractivity contribution in [1.29, 1.82) is 0 Å². The van der Waals surface area contributed by atoms with Crippen molar-refractivity contribution in [2.24, 2.45) is 0 Å². The molecule has 2 N–H and O–H groups in total. The van der Waals surface area contributed by atoms with Gasteiger partial charge in [-0.25, -0.2) is 19.2 Å². The third-order valence-electron chi connectivity index (χ3n) is 9.80. The van der Waals surface area contributed by atoms with Gasteiger partial charge < -0.3 is 48.5 Å². The lowest BCUT2D eigenvalue weighted by Gasteiger charge is -2.61. The van der Waals surface area contributed by atoms with Gasteiger partial charge in [0.25, 0.3) is 0 Å². The maximum Gasteiger partial charge on any atom is 0.514 e. The number of piperidine rings is 1. The lowest BCUT2D eigenvalue weighted by atomic mass is 9.50. The summed E-state index contributed by atoms with van der Waals surface area (Å²) in [4.78, 5) is 66.7. The number of ether oxygens (including phenoxy) is 7. The van der Waals surface area contributed by atoms with Gasteiger partial charge in [-0.15, -0.1) is 0 Å². The van der Waals surface area contributed by atoms with Gasteiger partial charge in [-0.1, -0.05) is 6.07 Å². The van der Waals surface area contributed by atoms with E-state index in [-0.39, 0.29) is 42.6 Å². The summed E-state index contributed by atoms with van der Waals surface area (Å²) in [7, 11) is 1.96. The number of likely N-dealkylation sites (N-methyl/N-ethyl adjacent to an activating group) is 1. The molecular weight excluding hydrogens is 704 g/mol. The highest BCUT2D eigenvalue weighted by atomic mass is 16.7. The van der Waals surface area contributed by atoms with Crippen LogP contribution in [-0.2, 0) is 49.9 Å². The number of nitrogens with zero attached hydrogens (tertiary/aromatic N) is 1. The van der Waals surface area contributed by atoms with Gasteiger partial charge in [-0.3, -0.25) is 4.79 Å². The van der Waals surface area contributed by atoms with Crippen LogP contribution in [0.5, 0.6) is 11.5 Å². The van der Waals surface area contributed by atoms with Gasteiger partial charge in [-0.2, -0.15) is 0 Å². The number of carbonyl (C=O) groups excluding carboxylic acids is 5. The molecule has 1 saturated heterocycles. The number of benzene rings is 1. The van der Waals surface area contributed by atoms with Gasteiger partial charge in [-0.05, 0) is 120 Å². The van der Waals surface area contributed by atoms with E-state index in [4.69, 9.17) is 33.2 Å². The fraction of sp³-hybridized carbons (Fsp3) is 0.667. The molecule has 0 radical (unpaired) electrons. The van der Waals surface area contributed by atoms with Gasteiger partial charge in [0, 0.05) is 24.4 Å². The molecule has 1 aromatic rings. The zero-order chi connectivity index (χ0) is 40.2. The van der Waals surface area contributed by atoms with Crippen LogP contribution in [0.25, 0.3) is 0 Å². The number of carbonyl (C=O) groups is 5. The Hall–Kier alpha value is -4.37. The highest BCUT2D eigenvalue weighted by molar-refractivity contribution is 5.83. The number of esters is 3. The molecule has 1 spiro atoms. The largest absolute Gasteiger partial charge is 0.514 e. The Labute approximate surface area is 315 Å². The van der Waals surface area contributed by atoms with Crippen molar-refractivity contribution in [2.45, 2.75) is 153 Å². The van der Waals surface area contributed by atoms with Crippen molar-refractivity contribution in [3.8, 4) is 11.5 Å². The molecule has 0 saturated carbocycles. The van der Waals surface area contributed by atoms with Gasteiger partial charge in [0.1, 0.15) is 28.6 Å². The number of rotatable bonds is 9. The van der Waals surface area contributed by atoms with Crippen LogP contribution in [0.15, 0.2) is 24.0 Å². The molecule has 4 aliphatic rings. The molecule has 0 unspecified atom stereocenters. The molecule has 15 nitrogen and oxygen atoms in total. The normalized spacial score (nSPS) is 25.4. The molecule has 2 aliphatic carbocycles. The minimum atomic E-state index is -1.38. The minimum absolute atomic E-state index is 0.116. The number of amides is 1. The molecule has 2 bridgehead atoms. The first-order valence-electron chi connectivity index (χ1n) is 18.3. The first kappa shape index (κ1) is 40.8. The van der Waals surface area contributed by atoms with E-state index in [9.17, 15) is 29.1 Å². The van der Waals surface area contributed by atoms with Crippen LogP contribution in [0.1, 0.15) is 106 Å². The van der Waals surface area contributed by atoms with E-state index in [0.717, 1.165) is 5.56 Å². The number of nitrogens with one attached hydrogen (secondary N) is 1. The van der Waals surface area contributed by atoms with Crippen LogP contribution < -0.4 is 14.8 Å². The molecule has 2 aliphatic heterocycles. The van der Waals surface area contributed by atoms with Gasteiger partial charge in [0.15, 0.2) is 23.7 Å². The highest BCUT2D eigenvalue weighted by Crippen LogP contribution is 2.65. The first-order valence-corrected chi connectivity index (χ1v) is 18.3. The molecule has 0 aromatic heterocycles. The Bertz CT molecular complexity index is 1720. The molecule has 2 heterocycles. The zero-order valence-electron chi connectivity index (χ0n) is 33.1. The van der Waals surface area contributed by atoms with Crippen molar-refractivity contribution in [3.05, 3.63) is 35.1 Å². The average molecular weight is 759 g/mol. The molecule has 54 heavy (non-hydrogen) atoms. The van der Waals surface area contributed by atoms with E-state index < -0.39 is 76.2 Å². The average Bonchev–Trinajstić information content (AvgIpc) is 3.36. The summed E-state index contributed by atoms with van der Waals surface area (Å²) in [5, 5.41) is 15.0. The molecule has 1 fully saturated rings. The summed E-state index contributed by atoms with van der Waals surface area (Å²) in [5.74, 6) is -1.96. The topological polar surface area (TPSA) is 185 Å². The molecule has 6 atom stereocenters. The smallest absolute Gasteiger partial charge is 0.477 e. The number of alkyl carbamates (subject to hydrolysis) is 1. The predicted molar refractivity (Wildman–Crippen MR) is 192 cm³/mol. The molecule has 5 rings (SSSR count). The number of likely N-dealkylation sites (tertiary alicyclic amines) is 1. The molecule has 15 heteroatoms. The fourth-order valence-corrected chi connectivity index (χ4v) is 7.71. The van der Waals surface area contributed by atoms with Crippen LogP contribution in [0.2, 0.25) is 0 Å². The summed E-state index contributed by atoms with van der Waals surface area (Å²) in [6.45, 7) is 17.1. The van der Waals surface area contributed by atoms with E-state index in [1.54, 1.807) is 74.5 Å². The lowest BCUT2D eigenvalue weighted by Crippen LogP contribution is -2.74. The highest BCUT2D eigenvalue weighted by Gasteiger charge is 2.72. The Kier molecular flexibility index (Phi) is 10.9. The van der Waals surface area contributed by atoms with E-state index in [1.807, 2.05) is 13.1 Å². The SMILES string of the molecule is C[C@H](OC(=O)CC[C@H](NC(=O)OC(C)(C)C)C(=O)OC(C)(C)C)C(=O)OC1=CC[C@@]2(O)[C@H]3Cc4ccc(OC(=O)OC(C)(C)C)c5c4[C@@]2(CCN3C)[C@H]1O5. The fourth-order valence-electron chi connectivity index (χ4n) is 7.71. The quantitative estimate of drug-likeness (QED) is 0.199. The van der Waals surface area contributed by atoms with Crippen molar-refractivity contribution < 1.29 is 62.2 Å². The molecule has 298 valence electrons. The summed E-state index contributed by atoms with van der Waals surface area (Å²) < 4.78 is 39.6. The van der Waals surface area contributed by atoms with Crippen molar-refractivity contribution in [2.75, 3.05) is 13.6 Å². The van der Waals surface area contributed by atoms with Crippen LogP contribution in [0.3, 0.4) is 0 Å². The predicted octanol–water partition coefficient (Wildman–Crippen LogP) is 4.77. The Balaban J connectivity index is 1.31. The Morgan fingerprint density at radius 1 is 0.944 bits per heavy atom. The maximum atomic E-state index is 13.5. The van der Waals surface area contributed by atoms with Crippen molar-refractivity contribution in [3.63, 3.8) is 0 Å². The summed E-state index contributed by atoms with van der Waals surface area (Å²) >= 11 is 0. The minimum Gasteiger partial charge on any atom is -0.477 e. The van der Waals surface area contributed by atoms with E-state index >= 15 is 0 Å². The Morgan fingerprint density at radius 2 is 1.59 bits per heavy atom. The van der Waals surface area contributed by atoms with Gasteiger partial charge in [0.2, 0.25) is 0 Å². The first-order chi connectivity index (χ1) is 24.8. The number of hydrogen-bond donors (Lipinski definition) is 2. The second-order valence-corrected chi connectivity index (χ2v) is 17.5. The maximum absolute atomic E-state index is 13.5. The second-order valence-electron chi connectivity index (χ2n) is 17.5. The second kappa shape index (κ2) is 14.4. The molecular formula is C39H54N2O13. The van der Waals surface area contributed by atoms with Crippen LogP contribution in [-0.4, -0.2) is 100 Å².